The second-order valence-electron chi connectivity index (χ2n) is 18.1. The maximum absolute atomic E-state index is 7.01. The van der Waals surface area contributed by atoms with Crippen LogP contribution in [-0.4, -0.2) is 0 Å². The topological polar surface area (TPSA) is 29.5 Å². The molecule has 0 unspecified atom stereocenters. The standard InChI is InChI=1S/C58H41NO2/c1-57(2)48-18-10-7-15-40(48)42-25-21-35(29-50(42)57)46-30-38(31-47-55-39-14-6-5-13-34(39)22-28-53(55)61-56(46)47)59(37-24-27-45-44-17-9-12-20-52(44)60-54(45)33-37)36-23-26-43-41-16-8-11-19-49(41)58(3,4)51(43)32-36/h5-33H,1-4H3. The van der Waals surface area contributed by atoms with Crippen molar-refractivity contribution in [1.82, 2.24) is 0 Å². The Balaban J connectivity index is 1.11. The van der Waals surface area contributed by atoms with E-state index in [9.17, 15) is 0 Å². The molecule has 2 aliphatic rings. The third-order valence-corrected chi connectivity index (χ3v) is 14.0. The molecule has 3 nitrogen and oxygen atoms in total. The van der Waals surface area contributed by atoms with Crippen LogP contribution < -0.4 is 4.90 Å². The smallest absolute Gasteiger partial charge is 0.143 e. The van der Waals surface area contributed by atoms with Gasteiger partial charge in [-0.3, -0.25) is 0 Å². The van der Waals surface area contributed by atoms with Gasteiger partial charge in [0.05, 0.1) is 0 Å². The number of anilines is 3. The Bertz CT molecular complexity index is 3670. The van der Waals surface area contributed by atoms with Crippen LogP contribution in [0.15, 0.2) is 185 Å². The summed E-state index contributed by atoms with van der Waals surface area (Å²) >= 11 is 0. The average molecular weight is 784 g/mol. The molecule has 0 saturated heterocycles. The van der Waals surface area contributed by atoms with Gasteiger partial charge in [0.25, 0.3) is 0 Å². The van der Waals surface area contributed by atoms with Crippen molar-refractivity contribution < 1.29 is 8.83 Å². The molecule has 13 rings (SSSR count). The van der Waals surface area contributed by atoms with Gasteiger partial charge in [-0.05, 0) is 115 Å². The van der Waals surface area contributed by atoms with Crippen molar-refractivity contribution in [3.63, 3.8) is 0 Å². The largest absolute Gasteiger partial charge is 0.456 e. The van der Waals surface area contributed by atoms with Gasteiger partial charge in [0, 0.05) is 61.1 Å². The summed E-state index contributed by atoms with van der Waals surface area (Å²) in [4.78, 5) is 2.42. The van der Waals surface area contributed by atoms with Crippen LogP contribution in [0.4, 0.5) is 17.1 Å². The van der Waals surface area contributed by atoms with Crippen LogP contribution >= 0.6 is 0 Å². The minimum absolute atomic E-state index is 0.147. The lowest BCUT2D eigenvalue weighted by molar-refractivity contribution is 0.660. The van der Waals surface area contributed by atoms with Crippen LogP contribution in [0.1, 0.15) is 49.9 Å². The fraction of sp³-hybridized carbons (Fsp3) is 0.103. The molecule has 0 saturated carbocycles. The zero-order chi connectivity index (χ0) is 40.8. The Morgan fingerprint density at radius 1 is 0.361 bits per heavy atom. The number of para-hydroxylation sites is 1. The Hall–Kier alpha value is -7.36. The number of benzene rings is 9. The summed E-state index contributed by atoms with van der Waals surface area (Å²) in [6, 6.07) is 64.5. The fourth-order valence-corrected chi connectivity index (χ4v) is 11.0. The predicted octanol–water partition coefficient (Wildman–Crippen LogP) is 16.4. The number of hydrogen-bond donors (Lipinski definition) is 0. The van der Waals surface area contributed by atoms with Gasteiger partial charge in [0.2, 0.25) is 0 Å². The number of rotatable bonds is 4. The van der Waals surface area contributed by atoms with E-state index in [1.807, 2.05) is 6.07 Å². The first-order chi connectivity index (χ1) is 29.7. The van der Waals surface area contributed by atoms with E-state index in [1.54, 1.807) is 0 Å². The summed E-state index contributed by atoms with van der Waals surface area (Å²) in [5, 5.41) is 6.81. The highest BCUT2D eigenvalue weighted by molar-refractivity contribution is 6.21. The first-order valence-corrected chi connectivity index (χ1v) is 21.3. The van der Waals surface area contributed by atoms with Crippen LogP contribution in [0.5, 0.6) is 0 Å². The molecular formula is C58H41NO2. The third-order valence-electron chi connectivity index (χ3n) is 14.0. The molecular weight excluding hydrogens is 743 g/mol. The normalized spacial score (nSPS) is 14.5. The van der Waals surface area contributed by atoms with Gasteiger partial charge in [-0.25, -0.2) is 0 Å². The maximum atomic E-state index is 7.01. The molecule has 290 valence electrons. The summed E-state index contributed by atoms with van der Waals surface area (Å²) in [7, 11) is 0. The van der Waals surface area contributed by atoms with Crippen molar-refractivity contribution in [2.24, 2.45) is 0 Å². The minimum atomic E-state index is -0.167. The molecule has 0 spiro atoms. The van der Waals surface area contributed by atoms with E-state index in [1.165, 1.54) is 55.3 Å². The Morgan fingerprint density at radius 2 is 0.967 bits per heavy atom. The van der Waals surface area contributed by atoms with E-state index in [2.05, 4.69) is 202 Å². The van der Waals surface area contributed by atoms with E-state index in [4.69, 9.17) is 8.83 Å². The van der Waals surface area contributed by atoms with Gasteiger partial charge < -0.3 is 13.7 Å². The van der Waals surface area contributed by atoms with Crippen LogP contribution in [-0.2, 0) is 10.8 Å². The second-order valence-corrected chi connectivity index (χ2v) is 18.1. The van der Waals surface area contributed by atoms with E-state index in [0.29, 0.717) is 0 Å². The van der Waals surface area contributed by atoms with Gasteiger partial charge in [0.1, 0.15) is 22.3 Å². The second kappa shape index (κ2) is 12.1. The molecule has 0 radical (unpaired) electrons. The van der Waals surface area contributed by atoms with E-state index in [-0.39, 0.29) is 10.8 Å². The van der Waals surface area contributed by atoms with Crippen LogP contribution in [0.2, 0.25) is 0 Å². The summed E-state index contributed by atoms with van der Waals surface area (Å²) < 4.78 is 13.6. The van der Waals surface area contributed by atoms with Crippen molar-refractivity contribution >= 4 is 71.7 Å². The maximum Gasteiger partial charge on any atom is 0.143 e. The van der Waals surface area contributed by atoms with Crippen molar-refractivity contribution in [2.45, 2.75) is 38.5 Å². The van der Waals surface area contributed by atoms with Gasteiger partial charge >= 0.3 is 0 Å². The average Bonchev–Trinajstić information content (AvgIpc) is 3.99. The SMILES string of the molecule is CC1(C)c2ccccc2-c2ccc(-c3cc(N(c4ccc5c(c4)C(C)(C)c4ccccc4-5)c4ccc5c(c4)oc4ccccc45)cc4c3oc3ccc5ccccc5c34)cc21. The summed E-state index contributed by atoms with van der Waals surface area (Å²) in [5.41, 5.74) is 19.2. The highest BCUT2D eigenvalue weighted by Crippen LogP contribution is 2.53. The Labute approximate surface area is 354 Å². The van der Waals surface area contributed by atoms with Crippen LogP contribution in [0.3, 0.4) is 0 Å². The van der Waals surface area contributed by atoms with Gasteiger partial charge in [-0.2, -0.15) is 0 Å². The van der Waals surface area contributed by atoms with E-state index >= 15 is 0 Å². The molecule has 2 aromatic heterocycles. The zero-order valence-corrected chi connectivity index (χ0v) is 34.5. The Morgan fingerprint density at radius 3 is 1.75 bits per heavy atom. The number of hydrogen-bond acceptors (Lipinski definition) is 3. The molecule has 2 heterocycles. The number of furan rings is 2. The lowest BCUT2D eigenvalue weighted by Crippen LogP contribution is -2.16. The molecule has 2 aliphatic carbocycles. The van der Waals surface area contributed by atoms with Crippen LogP contribution in [0, 0.1) is 0 Å². The molecule has 3 heteroatoms. The molecule has 11 aromatic rings. The molecule has 9 aromatic carbocycles. The van der Waals surface area contributed by atoms with Crippen LogP contribution in [0.25, 0.3) is 88.0 Å². The molecule has 0 atom stereocenters. The fourth-order valence-electron chi connectivity index (χ4n) is 11.0. The van der Waals surface area contributed by atoms with E-state index < -0.39 is 0 Å². The molecule has 0 aliphatic heterocycles. The Kier molecular flexibility index (Phi) is 6.85. The summed E-state index contributed by atoms with van der Waals surface area (Å²) in [5.74, 6) is 0. The van der Waals surface area contributed by atoms with E-state index in [0.717, 1.165) is 72.1 Å². The number of nitrogens with zero attached hydrogens (tertiary/aromatic N) is 1. The third kappa shape index (κ3) is 4.75. The number of fused-ring (bicyclic) bond motifs is 14. The summed E-state index contributed by atoms with van der Waals surface area (Å²) in [6.45, 7) is 9.41. The highest BCUT2D eigenvalue weighted by atomic mass is 16.3. The van der Waals surface area contributed by atoms with Crippen molar-refractivity contribution in [2.75, 3.05) is 4.90 Å². The highest BCUT2D eigenvalue weighted by Gasteiger charge is 2.37. The monoisotopic (exact) mass is 783 g/mol. The summed E-state index contributed by atoms with van der Waals surface area (Å²) in [6.07, 6.45) is 0. The first kappa shape index (κ1) is 34.5. The predicted molar refractivity (Wildman–Crippen MR) is 254 cm³/mol. The lowest BCUT2D eigenvalue weighted by Gasteiger charge is -2.28. The van der Waals surface area contributed by atoms with Crippen molar-refractivity contribution in [1.29, 1.82) is 0 Å². The zero-order valence-electron chi connectivity index (χ0n) is 34.5. The molecule has 0 N–H and O–H groups in total. The minimum Gasteiger partial charge on any atom is -0.456 e. The lowest BCUT2D eigenvalue weighted by atomic mass is 9.81. The van der Waals surface area contributed by atoms with Crippen molar-refractivity contribution in [3.05, 3.63) is 198 Å². The first-order valence-electron chi connectivity index (χ1n) is 21.3. The molecule has 61 heavy (non-hydrogen) atoms. The molecule has 0 fully saturated rings. The quantitative estimate of drug-likeness (QED) is 0.178. The van der Waals surface area contributed by atoms with Crippen molar-refractivity contribution in [3.8, 4) is 33.4 Å². The van der Waals surface area contributed by atoms with Gasteiger partial charge in [-0.1, -0.05) is 143 Å². The molecule has 0 bridgehead atoms. The van der Waals surface area contributed by atoms with Gasteiger partial charge in [-0.15, -0.1) is 0 Å². The van der Waals surface area contributed by atoms with Gasteiger partial charge in [0.15, 0.2) is 0 Å². The molecule has 0 amide bonds.